The third kappa shape index (κ3) is 4.73. The molecule has 1 rings (SSSR count). The Labute approximate surface area is 123 Å². The molecule has 21 heavy (non-hydrogen) atoms. The van der Waals surface area contributed by atoms with E-state index in [2.05, 4.69) is 5.32 Å². The SMILES string of the molecule is CCC(CC(=O)O)NC(=O)N(C)C(C)c1ccccc1F. The number of halogens is 1. The lowest BCUT2D eigenvalue weighted by Crippen LogP contribution is -2.44. The molecule has 0 fully saturated rings. The minimum atomic E-state index is -0.966. The first-order chi connectivity index (χ1) is 9.86. The molecule has 2 amide bonds. The molecule has 116 valence electrons. The molecule has 2 N–H and O–H groups in total. The van der Waals surface area contributed by atoms with Gasteiger partial charge in [-0.1, -0.05) is 25.1 Å². The van der Waals surface area contributed by atoms with Crippen LogP contribution in [0.4, 0.5) is 9.18 Å². The number of carbonyl (C=O) groups excluding carboxylic acids is 1. The number of carboxylic acid groups (broad SMARTS) is 1. The van der Waals surface area contributed by atoms with E-state index >= 15 is 0 Å². The van der Waals surface area contributed by atoms with E-state index in [1.807, 2.05) is 0 Å². The van der Waals surface area contributed by atoms with E-state index < -0.39 is 24.1 Å². The second-order valence-electron chi connectivity index (χ2n) is 4.96. The van der Waals surface area contributed by atoms with Crippen LogP contribution in [-0.4, -0.2) is 35.1 Å². The second kappa shape index (κ2) is 7.61. The number of aliphatic carboxylic acids is 1. The highest BCUT2D eigenvalue weighted by molar-refractivity contribution is 5.76. The Morgan fingerprint density at radius 1 is 1.38 bits per heavy atom. The number of hydrogen-bond donors (Lipinski definition) is 2. The predicted octanol–water partition coefficient (Wildman–Crippen LogP) is 2.78. The number of carbonyl (C=O) groups is 2. The van der Waals surface area contributed by atoms with Crippen molar-refractivity contribution >= 4 is 12.0 Å². The Hall–Kier alpha value is -2.11. The zero-order chi connectivity index (χ0) is 16.0. The monoisotopic (exact) mass is 296 g/mol. The van der Waals surface area contributed by atoms with Gasteiger partial charge in [0.05, 0.1) is 12.5 Å². The summed E-state index contributed by atoms with van der Waals surface area (Å²) >= 11 is 0. The third-order valence-corrected chi connectivity index (χ3v) is 3.50. The van der Waals surface area contributed by atoms with Crippen LogP contribution in [0, 0.1) is 5.82 Å². The quantitative estimate of drug-likeness (QED) is 0.848. The lowest BCUT2D eigenvalue weighted by Gasteiger charge is -2.28. The molecule has 0 bridgehead atoms. The Balaban J connectivity index is 2.73. The average molecular weight is 296 g/mol. The summed E-state index contributed by atoms with van der Waals surface area (Å²) < 4.78 is 13.7. The van der Waals surface area contributed by atoms with Gasteiger partial charge in [-0.25, -0.2) is 9.18 Å². The van der Waals surface area contributed by atoms with E-state index in [0.717, 1.165) is 0 Å². The molecule has 0 heterocycles. The Morgan fingerprint density at radius 2 is 2.00 bits per heavy atom. The molecule has 0 aromatic heterocycles. The third-order valence-electron chi connectivity index (χ3n) is 3.50. The van der Waals surface area contributed by atoms with Crippen molar-refractivity contribution in [2.45, 2.75) is 38.8 Å². The van der Waals surface area contributed by atoms with Gasteiger partial charge in [-0.15, -0.1) is 0 Å². The number of amides is 2. The maximum Gasteiger partial charge on any atom is 0.317 e. The van der Waals surface area contributed by atoms with E-state index in [-0.39, 0.29) is 12.2 Å². The van der Waals surface area contributed by atoms with Gasteiger partial charge in [0.2, 0.25) is 0 Å². The van der Waals surface area contributed by atoms with Gasteiger partial charge in [0.25, 0.3) is 0 Å². The van der Waals surface area contributed by atoms with Crippen LogP contribution >= 0.6 is 0 Å². The zero-order valence-electron chi connectivity index (χ0n) is 12.5. The van der Waals surface area contributed by atoms with E-state index in [4.69, 9.17) is 5.11 Å². The molecule has 5 nitrogen and oxygen atoms in total. The van der Waals surface area contributed by atoms with Gasteiger partial charge in [0.1, 0.15) is 5.82 Å². The molecule has 0 aliphatic heterocycles. The first-order valence-electron chi connectivity index (χ1n) is 6.86. The van der Waals surface area contributed by atoms with Crippen molar-refractivity contribution in [2.75, 3.05) is 7.05 Å². The molecule has 2 atom stereocenters. The Bertz CT molecular complexity index is 507. The first kappa shape index (κ1) is 16.9. The van der Waals surface area contributed by atoms with Crippen LogP contribution in [0.3, 0.4) is 0 Å². The maximum absolute atomic E-state index is 13.7. The summed E-state index contributed by atoms with van der Waals surface area (Å²) in [7, 11) is 1.56. The number of carboxylic acids is 1. The smallest absolute Gasteiger partial charge is 0.317 e. The fraction of sp³-hybridized carbons (Fsp3) is 0.467. The number of hydrogen-bond acceptors (Lipinski definition) is 2. The van der Waals surface area contributed by atoms with E-state index in [0.29, 0.717) is 12.0 Å². The molecule has 0 saturated carbocycles. The summed E-state index contributed by atoms with van der Waals surface area (Å²) in [5, 5.41) is 11.4. The predicted molar refractivity (Wildman–Crippen MR) is 77.4 cm³/mol. The van der Waals surface area contributed by atoms with E-state index in [1.165, 1.54) is 11.0 Å². The van der Waals surface area contributed by atoms with Crippen LogP contribution in [0.5, 0.6) is 0 Å². The largest absolute Gasteiger partial charge is 0.481 e. The minimum Gasteiger partial charge on any atom is -0.481 e. The molecule has 1 aromatic carbocycles. The number of benzene rings is 1. The lowest BCUT2D eigenvalue weighted by molar-refractivity contribution is -0.137. The van der Waals surface area contributed by atoms with Crippen molar-refractivity contribution in [3.8, 4) is 0 Å². The molecule has 0 aliphatic carbocycles. The molecular formula is C15H21FN2O3. The van der Waals surface area contributed by atoms with Crippen LogP contribution in [0.2, 0.25) is 0 Å². The Morgan fingerprint density at radius 3 is 2.52 bits per heavy atom. The second-order valence-corrected chi connectivity index (χ2v) is 4.96. The summed E-state index contributed by atoms with van der Waals surface area (Å²) in [5.41, 5.74) is 0.418. The van der Waals surface area contributed by atoms with Crippen molar-refractivity contribution < 1.29 is 19.1 Å². The topological polar surface area (TPSA) is 69.6 Å². The molecule has 0 aliphatic rings. The van der Waals surface area contributed by atoms with Crippen LogP contribution in [0.15, 0.2) is 24.3 Å². The first-order valence-corrected chi connectivity index (χ1v) is 6.86. The van der Waals surface area contributed by atoms with Crippen LogP contribution in [-0.2, 0) is 4.79 Å². The number of rotatable bonds is 6. The van der Waals surface area contributed by atoms with Crippen molar-refractivity contribution in [3.63, 3.8) is 0 Å². The molecule has 6 heteroatoms. The molecule has 0 spiro atoms. The van der Waals surface area contributed by atoms with Gasteiger partial charge in [-0.2, -0.15) is 0 Å². The maximum atomic E-state index is 13.7. The summed E-state index contributed by atoms with van der Waals surface area (Å²) in [6.45, 7) is 3.52. The fourth-order valence-electron chi connectivity index (χ4n) is 1.98. The number of nitrogens with zero attached hydrogens (tertiary/aromatic N) is 1. The van der Waals surface area contributed by atoms with Crippen molar-refractivity contribution in [2.24, 2.45) is 0 Å². The van der Waals surface area contributed by atoms with E-state index in [9.17, 15) is 14.0 Å². The summed E-state index contributed by atoms with van der Waals surface area (Å²) in [6, 6.07) is 4.96. The molecular weight excluding hydrogens is 275 g/mol. The van der Waals surface area contributed by atoms with E-state index in [1.54, 1.807) is 39.1 Å². The highest BCUT2D eigenvalue weighted by Crippen LogP contribution is 2.21. The van der Waals surface area contributed by atoms with Gasteiger partial charge < -0.3 is 15.3 Å². The Kier molecular flexibility index (Phi) is 6.14. The normalized spacial score (nSPS) is 13.3. The standard InChI is InChI=1S/C15H21FN2O3/c1-4-11(9-14(19)20)17-15(21)18(3)10(2)12-7-5-6-8-13(12)16/h5-8,10-11H,4,9H2,1-3H3,(H,17,21)(H,19,20). The van der Waals surface area contributed by atoms with Gasteiger partial charge in [0, 0.05) is 18.7 Å². The van der Waals surface area contributed by atoms with Gasteiger partial charge in [0.15, 0.2) is 0 Å². The average Bonchev–Trinajstić information content (AvgIpc) is 2.44. The van der Waals surface area contributed by atoms with Crippen LogP contribution in [0.25, 0.3) is 0 Å². The number of nitrogens with one attached hydrogen (secondary N) is 1. The molecule has 0 radical (unpaired) electrons. The number of urea groups is 1. The highest BCUT2D eigenvalue weighted by atomic mass is 19.1. The van der Waals surface area contributed by atoms with Crippen molar-refractivity contribution in [1.29, 1.82) is 0 Å². The van der Waals surface area contributed by atoms with Crippen LogP contribution < -0.4 is 5.32 Å². The molecule has 0 saturated heterocycles. The molecule has 2 unspecified atom stereocenters. The fourth-order valence-corrected chi connectivity index (χ4v) is 1.98. The van der Waals surface area contributed by atoms with Crippen LogP contribution in [0.1, 0.15) is 38.3 Å². The van der Waals surface area contributed by atoms with Gasteiger partial charge >= 0.3 is 12.0 Å². The summed E-state index contributed by atoms with van der Waals surface area (Å²) in [6.07, 6.45) is 0.379. The van der Waals surface area contributed by atoms with Gasteiger partial charge in [-0.05, 0) is 19.4 Å². The zero-order valence-corrected chi connectivity index (χ0v) is 12.5. The minimum absolute atomic E-state index is 0.135. The van der Waals surface area contributed by atoms with Crippen molar-refractivity contribution in [3.05, 3.63) is 35.6 Å². The highest BCUT2D eigenvalue weighted by Gasteiger charge is 2.22. The van der Waals surface area contributed by atoms with Crippen molar-refractivity contribution in [1.82, 2.24) is 10.2 Å². The summed E-state index contributed by atoms with van der Waals surface area (Å²) in [5.74, 6) is -1.34. The summed E-state index contributed by atoms with van der Waals surface area (Å²) in [4.78, 5) is 24.2. The molecule has 1 aromatic rings. The van der Waals surface area contributed by atoms with Gasteiger partial charge in [-0.3, -0.25) is 4.79 Å². The lowest BCUT2D eigenvalue weighted by atomic mass is 10.1.